The van der Waals surface area contributed by atoms with Crippen LogP contribution in [0.15, 0.2) is 18.9 Å². The third-order valence-corrected chi connectivity index (χ3v) is 4.10. The van der Waals surface area contributed by atoms with Gasteiger partial charge in [-0.1, -0.05) is 12.8 Å². The Morgan fingerprint density at radius 1 is 1.38 bits per heavy atom. The molecule has 1 aliphatic rings. The van der Waals surface area contributed by atoms with Gasteiger partial charge >= 0.3 is 0 Å². The Morgan fingerprint density at radius 2 is 2.14 bits per heavy atom. The van der Waals surface area contributed by atoms with Crippen molar-refractivity contribution in [2.45, 2.75) is 51.6 Å². The Bertz CT molecular complexity index is 611. The third kappa shape index (κ3) is 2.68. The largest absolute Gasteiger partial charge is 0.309 e. The smallest absolute Gasteiger partial charge is 0.250 e. The highest BCUT2D eigenvalue weighted by Crippen LogP contribution is 2.32. The first kappa shape index (κ1) is 13.8. The van der Waals surface area contributed by atoms with Crippen molar-refractivity contribution in [3.8, 4) is 0 Å². The third-order valence-electron chi connectivity index (χ3n) is 4.10. The van der Waals surface area contributed by atoms with E-state index in [0.717, 1.165) is 24.2 Å². The number of anilines is 1. The molecule has 1 fully saturated rings. The van der Waals surface area contributed by atoms with Crippen molar-refractivity contribution < 1.29 is 4.79 Å². The first-order valence-corrected chi connectivity index (χ1v) is 7.36. The van der Waals surface area contributed by atoms with Gasteiger partial charge in [-0.3, -0.25) is 4.79 Å². The summed E-state index contributed by atoms with van der Waals surface area (Å²) in [6.07, 6.45) is 9.50. The van der Waals surface area contributed by atoms with E-state index in [1.807, 2.05) is 17.8 Å². The molecule has 112 valence electrons. The van der Waals surface area contributed by atoms with E-state index in [1.165, 1.54) is 19.2 Å². The molecule has 1 atom stereocenters. The van der Waals surface area contributed by atoms with Gasteiger partial charge in [-0.25, -0.2) is 14.3 Å². The molecule has 1 unspecified atom stereocenters. The Labute approximate surface area is 123 Å². The summed E-state index contributed by atoms with van der Waals surface area (Å²) in [6, 6.07) is -0.00509. The first-order chi connectivity index (χ1) is 10.2. The molecule has 2 aromatic heterocycles. The zero-order valence-corrected chi connectivity index (χ0v) is 12.4. The van der Waals surface area contributed by atoms with Crippen LogP contribution in [0.2, 0.25) is 0 Å². The summed E-state index contributed by atoms with van der Waals surface area (Å²) in [5.74, 6) is 0.696. The van der Waals surface area contributed by atoms with Gasteiger partial charge in [0.05, 0.1) is 12.2 Å². The van der Waals surface area contributed by atoms with E-state index in [1.54, 1.807) is 17.9 Å². The number of rotatable bonds is 4. The number of hydrogen-bond acceptors (Lipinski definition) is 4. The van der Waals surface area contributed by atoms with Gasteiger partial charge in [-0.05, 0) is 26.7 Å². The summed E-state index contributed by atoms with van der Waals surface area (Å²) in [7, 11) is 0. The molecule has 0 aliphatic heterocycles. The lowest BCUT2D eigenvalue weighted by molar-refractivity contribution is -0.119. The lowest BCUT2D eigenvalue weighted by Gasteiger charge is -2.17. The summed E-state index contributed by atoms with van der Waals surface area (Å²) in [5, 5.41) is 11.4. The van der Waals surface area contributed by atoms with Gasteiger partial charge in [0.2, 0.25) is 5.91 Å². The van der Waals surface area contributed by atoms with Crippen LogP contribution in [0.1, 0.15) is 50.3 Å². The van der Waals surface area contributed by atoms with Crippen molar-refractivity contribution in [2.75, 3.05) is 5.32 Å². The number of hydrogen-bond donors (Lipinski definition) is 1. The molecule has 3 rings (SSSR count). The second-order valence-electron chi connectivity index (χ2n) is 5.60. The van der Waals surface area contributed by atoms with Gasteiger partial charge in [-0.2, -0.15) is 10.2 Å². The van der Waals surface area contributed by atoms with E-state index in [9.17, 15) is 4.79 Å². The molecule has 2 aromatic rings. The average Bonchev–Trinajstić information content (AvgIpc) is 3.20. The van der Waals surface area contributed by atoms with Crippen molar-refractivity contribution in [1.82, 2.24) is 24.5 Å². The van der Waals surface area contributed by atoms with Crippen LogP contribution in [-0.2, 0) is 4.79 Å². The number of amides is 1. The van der Waals surface area contributed by atoms with Crippen LogP contribution in [0.4, 0.5) is 5.82 Å². The number of aromatic nitrogens is 5. The quantitative estimate of drug-likeness (QED) is 0.934. The molecule has 1 saturated carbocycles. The molecule has 0 radical (unpaired) electrons. The maximum Gasteiger partial charge on any atom is 0.250 e. The highest BCUT2D eigenvalue weighted by molar-refractivity contribution is 5.93. The van der Waals surface area contributed by atoms with Gasteiger partial charge in [0.1, 0.15) is 24.5 Å². The normalized spacial score (nSPS) is 17.0. The van der Waals surface area contributed by atoms with Gasteiger partial charge in [-0.15, -0.1) is 0 Å². The maximum atomic E-state index is 12.4. The number of nitrogens with one attached hydrogen (secondary N) is 1. The highest BCUT2D eigenvalue weighted by Gasteiger charge is 2.24. The molecule has 2 heterocycles. The number of aryl methyl sites for hydroxylation is 1. The number of carbonyl (C=O) groups is 1. The molecule has 7 heteroatoms. The van der Waals surface area contributed by atoms with Gasteiger partial charge < -0.3 is 5.32 Å². The van der Waals surface area contributed by atoms with E-state index in [2.05, 4.69) is 20.5 Å². The summed E-state index contributed by atoms with van der Waals surface area (Å²) in [5.41, 5.74) is 0.987. The van der Waals surface area contributed by atoms with E-state index < -0.39 is 6.04 Å². The molecule has 0 spiro atoms. The fourth-order valence-corrected chi connectivity index (χ4v) is 2.79. The van der Waals surface area contributed by atoms with Crippen LogP contribution in [0.25, 0.3) is 0 Å². The van der Waals surface area contributed by atoms with E-state index in [-0.39, 0.29) is 5.91 Å². The Morgan fingerprint density at radius 3 is 2.81 bits per heavy atom. The Balaban J connectivity index is 1.78. The first-order valence-electron chi connectivity index (χ1n) is 7.36. The molecular formula is C14H20N6O. The van der Waals surface area contributed by atoms with Crippen molar-refractivity contribution >= 4 is 11.7 Å². The molecule has 1 N–H and O–H groups in total. The fraction of sp³-hybridized carbons (Fsp3) is 0.571. The van der Waals surface area contributed by atoms with Gasteiger partial charge in [0, 0.05) is 5.56 Å². The molecule has 1 aliphatic carbocycles. The summed E-state index contributed by atoms with van der Waals surface area (Å²) >= 11 is 0. The molecular weight excluding hydrogens is 268 g/mol. The maximum absolute atomic E-state index is 12.4. The van der Waals surface area contributed by atoms with E-state index in [0.29, 0.717) is 6.04 Å². The summed E-state index contributed by atoms with van der Waals surface area (Å²) in [4.78, 5) is 16.3. The summed E-state index contributed by atoms with van der Waals surface area (Å²) < 4.78 is 3.51. The topological polar surface area (TPSA) is 77.6 Å². The van der Waals surface area contributed by atoms with Gasteiger partial charge in [0.15, 0.2) is 0 Å². The monoisotopic (exact) mass is 288 g/mol. The van der Waals surface area contributed by atoms with E-state index in [4.69, 9.17) is 0 Å². The van der Waals surface area contributed by atoms with Crippen molar-refractivity contribution in [2.24, 2.45) is 0 Å². The standard InChI is InChI=1S/C14H20N6O/c1-10-7-16-20(12-5-3-4-6-12)13(10)18-14(21)11(2)19-9-15-8-17-19/h7-9,11-12H,3-6H2,1-2H3,(H,18,21). The molecule has 21 heavy (non-hydrogen) atoms. The van der Waals surface area contributed by atoms with Crippen molar-refractivity contribution in [3.05, 3.63) is 24.4 Å². The van der Waals surface area contributed by atoms with Crippen LogP contribution in [0.3, 0.4) is 0 Å². The van der Waals surface area contributed by atoms with Gasteiger partial charge in [0.25, 0.3) is 0 Å². The zero-order chi connectivity index (χ0) is 14.8. The molecule has 0 bridgehead atoms. The Hall–Kier alpha value is -2.18. The fourth-order valence-electron chi connectivity index (χ4n) is 2.79. The van der Waals surface area contributed by atoms with Crippen molar-refractivity contribution in [3.63, 3.8) is 0 Å². The minimum atomic E-state index is -0.404. The number of carbonyl (C=O) groups excluding carboxylic acids is 1. The van der Waals surface area contributed by atoms with Crippen LogP contribution in [0, 0.1) is 6.92 Å². The molecule has 1 amide bonds. The molecule has 7 nitrogen and oxygen atoms in total. The minimum Gasteiger partial charge on any atom is -0.309 e. The van der Waals surface area contributed by atoms with Crippen LogP contribution in [-0.4, -0.2) is 30.5 Å². The average molecular weight is 288 g/mol. The molecule has 0 saturated heterocycles. The second kappa shape index (κ2) is 5.67. The minimum absolute atomic E-state index is 0.108. The number of nitrogens with zero attached hydrogens (tertiary/aromatic N) is 5. The lowest BCUT2D eigenvalue weighted by Crippen LogP contribution is -2.26. The predicted octanol–water partition coefficient (Wildman–Crippen LogP) is 2.10. The Kier molecular flexibility index (Phi) is 3.72. The predicted molar refractivity (Wildman–Crippen MR) is 77.8 cm³/mol. The second-order valence-corrected chi connectivity index (χ2v) is 5.60. The lowest BCUT2D eigenvalue weighted by atomic mass is 10.2. The van der Waals surface area contributed by atoms with Crippen LogP contribution in [0.5, 0.6) is 0 Å². The zero-order valence-electron chi connectivity index (χ0n) is 12.4. The SMILES string of the molecule is Cc1cnn(C2CCCC2)c1NC(=O)C(C)n1cncn1. The van der Waals surface area contributed by atoms with Crippen LogP contribution >= 0.6 is 0 Å². The summed E-state index contributed by atoms with van der Waals surface area (Å²) in [6.45, 7) is 3.77. The van der Waals surface area contributed by atoms with Crippen LogP contribution < -0.4 is 5.32 Å². The highest BCUT2D eigenvalue weighted by atomic mass is 16.2. The van der Waals surface area contributed by atoms with Crippen molar-refractivity contribution in [1.29, 1.82) is 0 Å². The molecule has 0 aromatic carbocycles. The van der Waals surface area contributed by atoms with E-state index >= 15 is 0 Å².